The van der Waals surface area contributed by atoms with Crippen molar-refractivity contribution in [1.29, 1.82) is 0 Å². The maximum Gasteiger partial charge on any atom is 0.329 e. The maximum atomic E-state index is 10.5. The highest BCUT2D eigenvalue weighted by molar-refractivity contribution is 5.68. The molecule has 3 rings (SSSR count). The van der Waals surface area contributed by atoms with Gasteiger partial charge in [-0.05, 0) is 37.5 Å². The Hall–Kier alpha value is -2.15. The normalized spacial score (nSPS) is 16.5. The van der Waals surface area contributed by atoms with E-state index in [1.807, 2.05) is 17.5 Å². The van der Waals surface area contributed by atoms with Gasteiger partial charge in [-0.25, -0.2) is 9.78 Å². The number of aliphatic carboxylic acids is 1. The average molecular weight is 290 g/mol. The van der Waals surface area contributed by atoms with Crippen LogP contribution in [-0.4, -0.2) is 51.5 Å². The van der Waals surface area contributed by atoms with E-state index in [2.05, 4.69) is 21.0 Å². The fraction of sp³-hybridized carbons (Fsp3) is 0.500. The van der Waals surface area contributed by atoms with Gasteiger partial charge in [-0.15, -0.1) is 0 Å². The molecule has 1 fully saturated rings. The molecule has 0 bridgehead atoms. The van der Waals surface area contributed by atoms with E-state index in [0.29, 0.717) is 0 Å². The van der Waals surface area contributed by atoms with Crippen molar-refractivity contribution in [2.45, 2.75) is 25.9 Å². The van der Waals surface area contributed by atoms with Gasteiger partial charge in [-0.2, -0.15) is 9.61 Å². The first-order chi connectivity index (χ1) is 10.1. The monoisotopic (exact) mass is 290 g/mol. The number of hydrogen-bond acceptors (Lipinski definition) is 5. The minimum Gasteiger partial charge on any atom is -0.480 e. The number of ether oxygens (including phenoxy) is 1. The first kappa shape index (κ1) is 13.8. The van der Waals surface area contributed by atoms with Crippen molar-refractivity contribution >= 4 is 17.4 Å². The van der Waals surface area contributed by atoms with Gasteiger partial charge >= 0.3 is 5.97 Å². The fourth-order valence-electron chi connectivity index (χ4n) is 2.70. The molecule has 0 aromatic carbocycles. The third-order valence-corrected chi connectivity index (χ3v) is 3.71. The molecule has 2 aromatic heterocycles. The lowest BCUT2D eigenvalue weighted by molar-refractivity contribution is -0.144. The number of pyridine rings is 1. The highest BCUT2D eigenvalue weighted by atomic mass is 16.5. The molecule has 7 nitrogen and oxygen atoms in total. The summed E-state index contributed by atoms with van der Waals surface area (Å²) >= 11 is 0. The van der Waals surface area contributed by atoms with E-state index in [1.165, 1.54) is 0 Å². The molecule has 0 unspecified atom stereocenters. The number of anilines is 1. The topological polar surface area (TPSA) is 80.0 Å². The van der Waals surface area contributed by atoms with Crippen LogP contribution in [-0.2, 0) is 9.53 Å². The van der Waals surface area contributed by atoms with Gasteiger partial charge in [0.2, 0.25) is 0 Å². The van der Waals surface area contributed by atoms with Gasteiger partial charge in [0.1, 0.15) is 18.8 Å². The third kappa shape index (κ3) is 2.97. The van der Waals surface area contributed by atoms with E-state index >= 15 is 0 Å². The van der Waals surface area contributed by atoms with Crippen molar-refractivity contribution in [1.82, 2.24) is 14.6 Å². The second kappa shape index (κ2) is 5.69. The minimum atomic E-state index is -0.916. The second-order valence-electron chi connectivity index (χ2n) is 5.31. The van der Waals surface area contributed by atoms with Crippen LogP contribution in [0.1, 0.15) is 18.4 Å². The molecule has 0 radical (unpaired) electrons. The molecule has 1 aliphatic rings. The minimum absolute atomic E-state index is 0.0217. The Morgan fingerprint density at radius 2 is 2.19 bits per heavy atom. The quantitative estimate of drug-likeness (QED) is 0.908. The molecule has 1 N–H and O–H groups in total. The van der Waals surface area contributed by atoms with Crippen LogP contribution >= 0.6 is 0 Å². The molecule has 0 amide bonds. The molecule has 0 spiro atoms. The van der Waals surface area contributed by atoms with Crippen LogP contribution in [0, 0.1) is 6.92 Å². The van der Waals surface area contributed by atoms with Crippen LogP contribution < -0.4 is 4.90 Å². The van der Waals surface area contributed by atoms with E-state index < -0.39 is 5.97 Å². The number of carboxylic acids is 1. The molecule has 0 aliphatic carbocycles. The lowest BCUT2D eigenvalue weighted by Crippen LogP contribution is -2.38. The van der Waals surface area contributed by atoms with Gasteiger partial charge in [-0.3, -0.25) is 0 Å². The van der Waals surface area contributed by atoms with Crippen LogP contribution in [0.15, 0.2) is 18.5 Å². The summed E-state index contributed by atoms with van der Waals surface area (Å²) < 4.78 is 7.20. The van der Waals surface area contributed by atoms with Gasteiger partial charge < -0.3 is 14.7 Å². The van der Waals surface area contributed by atoms with Crippen LogP contribution in [0.25, 0.3) is 5.65 Å². The van der Waals surface area contributed by atoms with Crippen molar-refractivity contribution in [3.05, 3.63) is 24.0 Å². The van der Waals surface area contributed by atoms with Crippen molar-refractivity contribution in [2.75, 3.05) is 24.6 Å². The Morgan fingerprint density at radius 3 is 2.90 bits per heavy atom. The summed E-state index contributed by atoms with van der Waals surface area (Å²) in [6, 6.07) is 4.10. The van der Waals surface area contributed by atoms with Crippen molar-refractivity contribution < 1.29 is 14.6 Å². The number of carbonyl (C=O) groups is 1. The summed E-state index contributed by atoms with van der Waals surface area (Å²) in [6.45, 7) is 3.47. The molecule has 0 atom stereocenters. The molecular weight excluding hydrogens is 272 g/mol. The molecular formula is C14H18N4O3. The standard InChI is InChI=1S/C14H18N4O3/c1-10-6-12-15-9-16-18(12)13(7-10)17-4-2-11(3-5-17)21-8-14(19)20/h6-7,9,11H,2-5,8H2,1H3,(H,19,20). The van der Waals surface area contributed by atoms with Gasteiger partial charge in [0.25, 0.3) is 0 Å². The van der Waals surface area contributed by atoms with E-state index in [1.54, 1.807) is 6.33 Å². The molecule has 1 aliphatic heterocycles. The zero-order chi connectivity index (χ0) is 14.8. The molecule has 3 heterocycles. The predicted molar refractivity (Wildman–Crippen MR) is 76.5 cm³/mol. The van der Waals surface area contributed by atoms with E-state index in [0.717, 1.165) is 43.0 Å². The summed E-state index contributed by atoms with van der Waals surface area (Å²) in [4.78, 5) is 17.0. The number of carboxylic acid groups (broad SMARTS) is 1. The van der Waals surface area contributed by atoms with Crippen molar-refractivity contribution in [3.63, 3.8) is 0 Å². The summed E-state index contributed by atoms with van der Waals surface area (Å²) in [5.74, 6) is 0.111. The van der Waals surface area contributed by atoms with Crippen LogP contribution in [0.3, 0.4) is 0 Å². The van der Waals surface area contributed by atoms with E-state index in [4.69, 9.17) is 9.84 Å². The molecule has 0 saturated carbocycles. The Balaban J connectivity index is 1.71. The van der Waals surface area contributed by atoms with Gasteiger partial charge in [0, 0.05) is 13.1 Å². The molecule has 21 heavy (non-hydrogen) atoms. The second-order valence-corrected chi connectivity index (χ2v) is 5.31. The van der Waals surface area contributed by atoms with Gasteiger partial charge in [-0.1, -0.05) is 0 Å². The van der Waals surface area contributed by atoms with Gasteiger partial charge in [0.05, 0.1) is 6.10 Å². The van der Waals surface area contributed by atoms with E-state index in [-0.39, 0.29) is 12.7 Å². The highest BCUT2D eigenvalue weighted by Gasteiger charge is 2.22. The van der Waals surface area contributed by atoms with Crippen LogP contribution in [0.4, 0.5) is 5.82 Å². The smallest absolute Gasteiger partial charge is 0.329 e. The fourth-order valence-corrected chi connectivity index (χ4v) is 2.70. The molecule has 112 valence electrons. The first-order valence-electron chi connectivity index (χ1n) is 7.02. The number of nitrogens with zero attached hydrogens (tertiary/aromatic N) is 4. The lowest BCUT2D eigenvalue weighted by atomic mass is 10.1. The Kier molecular flexibility index (Phi) is 3.74. The van der Waals surface area contributed by atoms with Crippen molar-refractivity contribution in [3.8, 4) is 0 Å². The molecule has 2 aromatic rings. The van der Waals surface area contributed by atoms with E-state index in [9.17, 15) is 4.79 Å². The Labute approximate surface area is 122 Å². The summed E-state index contributed by atoms with van der Waals surface area (Å²) in [5, 5.41) is 12.9. The first-order valence-corrected chi connectivity index (χ1v) is 7.02. The average Bonchev–Trinajstić information content (AvgIpc) is 2.93. The maximum absolute atomic E-state index is 10.5. The Morgan fingerprint density at radius 1 is 1.43 bits per heavy atom. The third-order valence-electron chi connectivity index (χ3n) is 3.71. The number of hydrogen-bond donors (Lipinski definition) is 1. The number of fused-ring (bicyclic) bond motifs is 1. The zero-order valence-electron chi connectivity index (χ0n) is 11.9. The summed E-state index contributed by atoms with van der Waals surface area (Å²) in [6.07, 6.45) is 3.21. The zero-order valence-corrected chi connectivity index (χ0v) is 11.9. The Bertz CT molecular complexity index is 647. The summed E-state index contributed by atoms with van der Waals surface area (Å²) in [7, 11) is 0. The lowest BCUT2D eigenvalue weighted by Gasteiger charge is -2.33. The SMILES string of the molecule is Cc1cc(N2CCC(OCC(=O)O)CC2)n2ncnc2c1. The number of aromatic nitrogens is 3. The largest absolute Gasteiger partial charge is 0.480 e. The number of rotatable bonds is 4. The van der Waals surface area contributed by atoms with Crippen LogP contribution in [0.5, 0.6) is 0 Å². The highest BCUT2D eigenvalue weighted by Crippen LogP contribution is 2.23. The van der Waals surface area contributed by atoms with Crippen molar-refractivity contribution in [2.24, 2.45) is 0 Å². The molecule has 7 heteroatoms. The predicted octanol–water partition coefficient (Wildman–Crippen LogP) is 1.11. The number of piperidine rings is 1. The van der Waals surface area contributed by atoms with Gasteiger partial charge in [0.15, 0.2) is 5.65 Å². The number of aryl methyl sites for hydroxylation is 1. The summed E-state index contributed by atoms with van der Waals surface area (Å²) in [5.41, 5.74) is 1.99. The molecule has 1 saturated heterocycles. The van der Waals surface area contributed by atoms with Crippen LogP contribution in [0.2, 0.25) is 0 Å².